The van der Waals surface area contributed by atoms with Crippen LogP contribution in [0.4, 0.5) is 5.69 Å². The lowest BCUT2D eigenvalue weighted by Gasteiger charge is -2.31. The van der Waals surface area contributed by atoms with E-state index < -0.39 is 0 Å². The molecular weight excluding hydrogens is 250 g/mol. The van der Waals surface area contributed by atoms with Gasteiger partial charge in [-0.3, -0.25) is 9.78 Å². The third-order valence-corrected chi connectivity index (χ3v) is 4.12. The lowest BCUT2D eigenvalue weighted by atomic mass is 9.83. The first-order valence-electron chi connectivity index (χ1n) is 7.75. The molecule has 0 aromatic carbocycles. The van der Waals surface area contributed by atoms with Gasteiger partial charge in [0.25, 0.3) is 5.91 Å². The van der Waals surface area contributed by atoms with Crippen LogP contribution < -0.4 is 10.6 Å². The fourth-order valence-corrected chi connectivity index (χ4v) is 3.00. The van der Waals surface area contributed by atoms with Crippen LogP contribution in [0.1, 0.15) is 56.4 Å². The Morgan fingerprint density at radius 2 is 2.15 bits per heavy atom. The maximum atomic E-state index is 12.3. The number of amides is 1. The number of pyridine rings is 1. The highest BCUT2D eigenvalue weighted by Gasteiger charge is 2.25. The second-order valence-corrected chi connectivity index (χ2v) is 5.49. The highest BCUT2D eigenvalue weighted by Crippen LogP contribution is 2.27. The minimum atomic E-state index is -0.0462. The first-order chi connectivity index (χ1) is 9.74. The number of nitrogens with zero attached hydrogens (tertiary/aromatic N) is 1. The zero-order valence-corrected chi connectivity index (χ0v) is 12.5. The van der Waals surface area contributed by atoms with Crippen molar-refractivity contribution in [2.75, 3.05) is 11.9 Å². The SMILES string of the molecule is CCNc1ccnc(C(=O)NC2CCCCC2CC)c1. The van der Waals surface area contributed by atoms with Crippen LogP contribution in [0.5, 0.6) is 0 Å². The van der Waals surface area contributed by atoms with Gasteiger partial charge in [0.15, 0.2) is 0 Å². The molecule has 1 fully saturated rings. The van der Waals surface area contributed by atoms with Crippen molar-refractivity contribution in [3.63, 3.8) is 0 Å². The first-order valence-corrected chi connectivity index (χ1v) is 7.75. The Kier molecular flexibility index (Phi) is 5.39. The van der Waals surface area contributed by atoms with Gasteiger partial charge in [0, 0.05) is 24.5 Å². The summed E-state index contributed by atoms with van der Waals surface area (Å²) in [5.74, 6) is 0.569. The zero-order valence-electron chi connectivity index (χ0n) is 12.5. The van der Waals surface area contributed by atoms with Crippen molar-refractivity contribution in [1.29, 1.82) is 0 Å². The Hall–Kier alpha value is -1.58. The molecule has 1 amide bonds. The van der Waals surface area contributed by atoms with Crippen LogP contribution in [-0.4, -0.2) is 23.5 Å². The summed E-state index contributed by atoms with van der Waals surface area (Å²) in [5, 5.41) is 6.38. The molecule has 1 aliphatic carbocycles. The predicted octanol–water partition coefficient (Wildman–Crippen LogP) is 3.21. The molecule has 2 rings (SSSR count). The van der Waals surface area contributed by atoms with Crippen LogP contribution in [0.15, 0.2) is 18.3 Å². The van der Waals surface area contributed by atoms with E-state index in [0.717, 1.165) is 25.1 Å². The summed E-state index contributed by atoms with van der Waals surface area (Å²) in [6.07, 6.45) is 7.65. The van der Waals surface area contributed by atoms with Crippen LogP contribution in [0.3, 0.4) is 0 Å². The van der Waals surface area contributed by atoms with Crippen molar-refractivity contribution in [3.05, 3.63) is 24.0 Å². The van der Waals surface area contributed by atoms with Crippen LogP contribution in [-0.2, 0) is 0 Å². The summed E-state index contributed by atoms with van der Waals surface area (Å²) in [6.45, 7) is 5.08. The predicted molar refractivity (Wildman–Crippen MR) is 81.9 cm³/mol. The van der Waals surface area contributed by atoms with E-state index in [1.54, 1.807) is 6.20 Å². The molecule has 2 atom stereocenters. The molecule has 0 aliphatic heterocycles. The maximum absolute atomic E-state index is 12.3. The molecule has 1 saturated carbocycles. The highest BCUT2D eigenvalue weighted by molar-refractivity contribution is 5.93. The number of rotatable bonds is 5. The Balaban J connectivity index is 2.01. The Bertz CT molecular complexity index is 447. The number of hydrogen-bond donors (Lipinski definition) is 2. The van der Waals surface area contributed by atoms with Crippen molar-refractivity contribution >= 4 is 11.6 Å². The highest BCUT2D eigenvalue weighted by atomic mass is 16.1. The van der Waals surface area contributed by atoms with E-state index >= 15 is 0 Å². The standard InChI is InChI=1S/C16H25N3O/c1-3-12-7-5-6-8-14(12)19-16(20)15-11-13(17-4-2)9-10-18-15/h9-12,14H,3-8H2,1-2H3,(H,17,18)(H,19,20). The maximum Gasteiger partial charge on any atom is 0.270 e. The Morgan fingerprint density at radius 1 is 1.35 bits per heavy atom. The number of carbonyl (C=O) groups excluding carboxylic acids is 1. The van der Waals surface area contributed by atoms with E-state index in [-0.39, 0.29) is 5.91 Å². The lowest BCUT2D eigenvalue weighted by Crippen LogP contribution is -2.42. The van der Waals surface area contributed by atoms with Gasteiger partial charge in [-0.25, -0.2) is 0 Å². The number of carbonyl (C=O) groups is 1. The largest absolute Gasteiger partial charge is 0.385 e. The molecule has 0 spiro atoms. The molecule has 1 aliphatic rings. The average molecular weight is 275 g/mol. The summed E-state index contributed by atoms with van der Waals surface area (Å²) >= 11 is 0. The van der Waals surface area contributed by atoms with Crippen molar-refractivity contribution in [1.82, 2.24) is 10.3 Å². The van der Waals surface area contributed by atoms with Crippen LogP contribution >= 0.6 is 0 Å². The number of anilines is 1. The molecule has 0 bridgehead atoms. The van der Waals surface area contributed by atoms with E-state index in [0.29, 0.717) is 17.7 Å². The van der Waals surface area contributed by atoms with E-state index in [9.17, 15) is 4.79 Å². The van der Waals surface area contributed by atoms with Crippen molar-refractivity contribution < 1.29 is 4.79 Å². The molecule has 2 N–H and O–H groups in total. The summed E-state index contributed by atoms with van der Waals surface area (Å²) in [7, 11) is 0. The zero-order chi connectivity index (χ0) is 14.4. The summed E-state index contributed by atoms with van der Waals surface area (Å²) in [4.78, 5) is 16.5. The average Bonchev–Trinajstić information content (AvgIpc) is 2.48. The minimum Gasteiger partial charge on any atom is -0.385 e. The van der Waals surface area contributed by atoms with Crippen LogP contribution in [0.25, 0.3) is 0 Å². The van der Waals surface area contributed by atoms with Gasteiger partial charge in [0.2, 0.25) is 0 Å². The molecule has 1 aromatic rings. The summed E-state index contributed by atoms with van der Waals surface area (Å²) < 4.78 is 0. The molecule has 4 heteroatoms. The molecule has 0 saturated heterocycles. The van der Waals surface area contributed by atoms with Crippen molar-refractivity contribution in [2.24, 2.45) is 5.92 Å². The monoisotopic (exact) mass is 275 g/mol. The van der Waals surface area contributed by atoms with Gasteiger partial charge in [-0.15, -0.1) is 0 Å². The van der Waals surface area contributed by atoms with Gasteiger partial charge in [-0.2, -0.15) is 0 Å². The molecular formula is C16H25N3O. The Labute approximate surface area is 121 Å². The quantitative estimate of drug-likeness (QED) is 0.867. The third-order valence-electron chi connectivity index (χ3n) is 4.12. The van der Waals surface area contributed by atoms with E-state index in [1.807, 2.05) is 19.1 Å². The molecule has 110 valence electrons. The van der Waals surface area contributed by atoms with Gasteiger partial charge < -0.3 is 10.6 Å². The summed E-state index contributed by atoms with van der Waals surface area (Å²) in [5.41, 5.74) is 1.45. The lowest BCUT2D eigenvalue weighted by molar-refractivity contribution is 0.0899. The van der Waals surface area contributed by atoms with E-state index in [1.165, 1.54) is 19.3 Å². The van der Waals surface area contributed by atoms with E-state index in [4.69, 9.17) is 0 Å². The van der Waals surface area contributed by atoms with Crippen molar-refractivity contribution in [2.45, 2.75) is 52.0 Å². The van der Waals surface area contributed by atoms with Crippen LogP contribution in [0.2, 0.25) is 0 Å². The van der Waals surface area contributed by atoms with Gasteiger partial charge in [0.05, 0.1) is 0 Å². The molecule has 1 heterocycles. The normalized spacial score (nSPS) is 22.3. The minimum absolute atomic E-state index is 0.0462. The fraction of sp³-hybridized carbons (Fsp3) is 0.625. The smallest absolute Gasteiger partial charge is 0.270 e. The topological polar surface area (TPSA) is 54.0 Å². The van der Waals surface area contributed by atoms with Gasteiger partial charge in [-0.05, 0) is 37.8 Å². The van der Waals surface area contributed by atoms with Gasteiger partial charge in [-0.1, -0.05) is 26.2 Å². The molecule has 0 radical (unpaired) electrons. The Morgan fingerprint density at radius 3 is 2.90 bits per heavy atom. The van der Waals surface area contributed by atoms with Gasteiger partial charge in [0.1, 0.15) is 5.69 Å². The third kappa shape index (κ3) is 3.71. The van der Waals surface area contributed by atoms with Crippen molar-refractivity contribution in [3.8, 4) is 0 Å². The fourth-order valence-electron chi connectivity index (χ4n) is 3.00. The summed E-state index contributed by atoms with van der Waals surface area (Å²) in [6, 6.07) is 4.02. The molecule has 20 heavy (non-hydrogen) atoms. The number of aromatic nitrogens is 1. The molecule has 1 aromatic heterocycles. The number of hydrogen-bond acceptors (Lipinski definition) is 3. The number of nitrogens with one attached hydrogen (secondary N) is 2. The second-order valence-electron chi connectivity index (χ2n) is 5.49. The second kappa shape index (κ2) is 7.27. The van der Waals surface area contributed by atoms with Crippen LogP contribution in [0, 0.1) is 5.92 Å². The van der Waals surface area contributed by atoms with E-state index in [2.05, 4.69) is 22.5 Å². The molecule has 2 unspecified atom stereocenters. The molecule has 4 nitrogen and oxygen atoms in total. The first kappa shape index (κ1) is 14.8. The van der Waals surface area contributed by atoms with Gasteiger partial charge >= 0.3 is 0 Å².